The number of primary sulfonamides is 1. The van der Waals surface area contributed by atoms with Gasteiger partial charge < -0.3 is 5.32 Å². The van der Waals surface area contributed by atoms with Crippen molar-refractivity contribution in [2.24, 2.45) is 5.14 Å². The molecule has 0 heterocycles. The minimum atomic E-state index is -3.30. The number of nitrogens with one attached hydrogen (secondary N) is 1. The van der Waals surface area contributed by atoms with Crippen molar-refractivity contribution in [2.75, 3.05) is 12.3 Å². The Balaban J connectivity index is 3.42. The summed E-state index contributed by atoms with van der Waals surface area (Å²) in [6.07, 6.45) is 3.42. The molecule has 3 N–H and O–H groups in total. The van der Waals surface area contributed by atoms with Gasteiger partial charge in [-0.15, -0.1) is 0 Å². The summed E-state index contributed by atoms with van der Waals surface area (Å²) in [4.78, 5) is 0. The van der Waals surface area contributed by atoms with Gasteiger partial charge in [-0.1, -0.05) is 19.8 Å². The standard InChI is InChI=1S/C8H20N2O2S/c1-3-4-5-8(2)10-6-7-13(9,11)12/h8,10H,3-7H2,1-2H3,(H2,9,11,12). The molecule has 0 aromatic heterocycles. The number of hydrogen-bond donors (Lipinski definition) is 2. The lowest BCUT2D eigenvalue weighted by molar-refractivity contribution is 0.506. The first-order valence-electron chi connectivity index (χ1n) is 4.69. The Morgan fingerprint density at radius 1 is 1.46 bits per heavy atom. The van der Waals surface area contributed by atoms with Crippen LogP contribution in [0, 0.1) is 0 Å². The van der Waals surface area contributed by atoms with E-state index in [1.807, 2.05) is 0 Å². The van der Waals surface area contributed by atoms with Crippen molar-refractivity contribution in [3.63, 3.8) is 0 Å². The highest BCUT2D eigenvalue weighted by Gasteiger charge is 2.04. The molecule has 80 valence electrons. The third-order valence-corrected chi connectivity index (χ3v) is 2.64. The molecule has 0 amide bonds. The molecule has 0 aromatic rings. The summed E-state index contributed by atoms with van der Waals surface area (Å²) in [5.74, 6) is 0.0173. The molecule has 0 saturated carbocycles. The van der Waals surface area contributed by atoms with Crippen molar-refractivity contribution in [3.05, 3.63) is 0 Å². The molecule has 1 unspecified atom stereocenters. The summed E-state index contributed by atoms with van der Waals surface area (Å²) in [6, 6.07) is 0.377. The summed E-state index contributed by atoms with van der Waals surface area (Å²) in [5, 5.41) is 7.97. The fourth-order valence-corrected chi connectivity index (χ4v) is 1.46. The molecule has 0 fully saturated rings. The van der Waals surface area contributed by atoms with Crippen LogP contribution in [0.5, 0.6) is 0 Å². The average molecular weight is 208 g/mol. The van der Waals surface area contributed by atoms with Crippen molar-refractivity contribution >= 4 is 10.0 Å². The number of sulfonamides is 1. The second-order valence-corrected chi connectivity index (χ2v) is 5.10. The largest absolute Gasteiger partial charge is 0.313 e. The number of rotatable bonds is 7. The molecule has 0 aromatic carbocycles. The minimum Gasteiger partial charge on any atom is -0.313 e. The van der Waals surface area contributed by atoms with Crippen molar-refractivity contribution in [1.29, 1.82) is 0 Å². The molecule has 1 atom stereocenters. The molecule has 13 heavy (non-hydrogen) atoms. The maximum absolute atomic E-state index is 10.6. The quantitative estimate of drug-likeness (QED) is 0.638. The highest BCUT2D eigenvalue weighted by Crippen LogP contribution is 1.98. The van der Waals surface area contributed by atoms with Crippen molar-refractivity contribution < 1.29 is 8.42 Å². The summed E-state index contributed by atoms with van der Waals surface area (Å²) in [5.41, 5.74) is 0. The van der Waals surface area contributed by atoms with E-state index >= 15 is 0 Å². The average Bonchev–Trinajstić information content (AvgIpc) is 1.98. The van der Waals surface area contributed by atoms with Crippen molar-refractivity contribution in [1.82, 2.24) is 5.32 Å². The van der Waals surface area contributed by atoms with Gasteiger partial charge in [-0.3, -0.25) is 0 Å². The lowest BCUT2D eigenvalue weighted by Gasteiger charge is -2.12. The third kappa shape index (κ3) is 9.79. The fraction of sp³-hybridized carbons (Fsp3) is 1.00. The third-order valence-electron chi connectivity index (χ3n) is 1.87. The molecule has 0 aliphatic heterocycles. The van der Waals surface area contributed by atoms with Crippen LogP contribution in [-0.4, -0.2) is 26.8 Å². The lowest BCUT2D eigenvalue weighted by atomic mass is 10.1. The molecule has 5 heteroatoms. The molecular weight excluding hydrogens is 188 g/mol. The Bertz CT molecular complexity index is 214. The first kappa shape index (κ1) is 12.9. The second kappa shape index (κ2) is 6.34. The highest BCUT2D eigenvalue weighted by atomic mass is 32.2. The molecule has 0 aliphatic carbocycles. The topological polar surface area (TPSA) is 72.2 Å². The number of nitrogens with two attached hydrogens (primary N) is 1. The van der Waals surface area contributed by atoms with Crippen LogP contribution in [0.3, 0.4) is 0 Å². The first-order valence-corrected chi connectivity index (χ1v) is 6.41. The van der Waals surface area contributed by atoms with Gasteiger partial charge in [0.1, 0.15) is 0 Å². The Hall–Kier alpha value is -0.130. The SMILES string of the molecule is CCCCC(C)NCCS(N)(=O)=O. The van der Waals surface area contributed by atoms with Gasteiger partial charge in [-0.25, -0.2) is 13.6 Å². The van der Waals surface area contributed by atoms with Crippen LogP contribution >= 0.6 is 0 Å². The van der Waals surface area contributed by atoms with E-state index in [0.717, 1.165) is 6.42 Å². The van der Waals surface area contributed by atoms with Crippen LogP contribution in [0.4, 0.5) is 0 Å². The summed E-state index contributed by atoms with van der Waals surface area (Å²) in [7, 11) is -3.30. The maximum Gasteiger partial charge on any atom is 0.210 e. The molecular formula is C8H20N2O2S. The smallest absolute Gasteiger partial charge is 0.210 e. The van der Waals surface area contributed by atoms with E-state index in [0.29, 0.717) is 12.6 Å². The molecule has 0 aliphatic rings. The van der Waals surface area contributed by atoms with E-state index in [2.05, 4.69) is 19.2 Å². The Kier molecular flexibility index (Phi) is 6.28. The van der Waals surface area contributed by atoms with E-state index in [9.17, 15) is 8.42 Å². The van der Waals surface area contributed by atoms with E-state index in [4.69, 9.17) is 5.14 Å². The van der Waals surface area contributed by atoms with Gasteiger partial charge >= 0.3 is 0 Å². The fourth-order valence-electron chi connectivity index (χ4n) is 1.06. The van der Waals surface area contributed by atoms with Gasteiger partial charge in [-0.05, 0) is 13.3 Å². The monoisotopic (exact) mass is 208 g/mol. The van der Waals surface area contributed by atoms with Crippen LogP contribution in [0.1, 0.15) is 33.1 Å². The molecule has 4 nitrogen and oxygen atoms in total. The van der Waals surface area contributed by atoms with Crippen LogP contribution in [0.25, 0.3) is 0 Å². The first-order chi connectivity index (χ1) is 5.95. The summed E-state index contributed by atoms with van der Waals surface area (Å²) < 4.78 is 21.1. The lowest BCUT2D eigenvalue weighted by Crippen LogP contribution is -2.32. The predicted octanol–water partition coefficient (Wildman–Crippen LogP) is 0.443. The second-order valence-electron chi connectivity index (χ2n) is 3.36. The molecule has 0 bridgehead atoms. The van der Waals surface area contributed by atoms with Crippen LogP contribution in [-0.2, 0) is 10.0 Å². The van der Waals surface area contributed by atoms with Crippen LogP contribution in [0.2, 0.25) is 0 Å². The van der Waals surface area contributed by atoms with E-state index in [-0.39, 0.29) is 5.75 Å². The summed E-state index contributed by atoms with van der Waals surface area (Å²) >= 11 is 0. The molecule has 0 radical (unpaired) electrons. The minimum absolute atomic E-state index is 0.0173. The van der Waals surface area contributed by atoms with Crippen LogP contribution < -0.4 is 10.5 Å². The van der Waals surface area contributed by atoms with Gasteiger partial charge in [0, 0.05) is 12.6 Å². The van der Waals surface area contributed by atoms with Gasteiger partial charge in [0.05, 0.1) is 5.75 Å². The Morgan fingerprint density at radius 2 is 2.08 bits per heavy atom. The Labute approximate surface area is 80.9 Å². The van der Waals surface area contributed by atoms with Gasteiger partial charge in [0.15, 0.2) is 0 Å². The molecule has 0 rings (SSSR count). The maximum atomic E-state index is 10.6. The van der Waals surface area contributed by atoms with Gasteiger partial charge in [-0.2, -0.15) is 0 Å². The zero-order chi connectivity index (χ0) is 10.3. The van der Waals surface area contributed by atoms with Gasteiger partial charge in [0.2, 0.25) is 10.0 Å². The molecule has 0 spiro atoms. The predicted molar refractivity (Wildman–Crippen MR) is 55.0 cm³/mol. The Morgan fingerprint density at radius 3 is 2.54 bits per heavy atom. The zero-order valence-corrected chi connectivity index (χ0v) is 9.23. The highest BCUT2D eigenvalue weighted by molar-refractivity contribution is 7.89. The van der Waals surface area contributed by atoms with Crippen LogP contribution in [0.15, 0.2) is 0 Å². The normalized spacial score (nSPS) is 14.4. The van der Waals surface area contributed by atoms with Gasteiger partial charge in [0.25, 0.3) is 0 Å². The number of unbranched alkanes of at least 4 members (excludes halogenated alkanes) is 1. The van der Waals surface area contributed by atoms with Crippen molar-refractivity contribution in [3.8, 4) is 0 Å². The van der Waals surface area contributed by atoms with E-state index in [1.165, 1.54) is 12.8 Å². The zero-order valence-electron chi connectivity index (χ0n) is 8.41. The van der Waals surface area contributed by atoms with E-state index < -0.39 is 10.0 Å². The number of hydrogen-bond acceptors (Lipinski definition) is 3. The summed E-state index contributed by atoms with van der Waals surface area (Å²) in [6.45, 7) is 4.64. The van der Waals surface area contributed by atoms with E-state index in [1.54, 1.807) is 0 Å². The van der Waals surface area contributed by atoms with Crippen molar-refractivity contribution in [2.45, 2.75) is 39.2 Å². The molecule has 0 saturated heterocycles.